The number of alkyl halides is 3. The molecule has 2 amide bonds. The molecule has 0 spiro atoms. The van der Waals surface area contributed by atoms with Crippen molar-refractivity contribution in [2.75, 3.05) is 24.2 Å². The van der Waals surface area contributed by atoms with E-state index in [2.05, 4.69) is 25.6 Å². The molecule has 0 radical (unpaired) electrons. The minimum atomic E-state index is -4.53. The number of rotatable bonds is 5. The molecule has 0 bridgehead atoms. The van der Waals surface area contributed by atoms with Gasteiger partial charge in [0.05, 0.1) is 17.4 Å². The molecule has 3 N–H and O–H groups in total. The lowest BCUT2D eigenvalue weighted by Gasteiger charge is -2.33. The summed E-state index contributed by atoms with van der Waals surface area (Å²) >= 11 is 0. The van der Waals surface area contributed by atoms with E-state index in [1.165, 1.54) is 6.20 Å². The fourth-order valence-corrected chi connectivity index (χ4v) is 5.79. The number of aromatic amines is 1. The van der Waals surface area contributed by atoms with Crippen molar-refractivity contribution < 1.29 is 26.4 Å². The summed E-state index contributed by atoms with van der Waals surface area (Å²) < 4.78 is 65.7. The van der Waals surface area contributed by atoms with Crippen LogP contribution in [0, 0.1) is 5.41 Å². The molecule has 0 aromatic carbocycles. The van der Waals surface area contributed by atoms with E-state index in [1.807, 2.05) is 0 Å². The average molecular weight is 446 g/mol. The van der Waals surface area contributed by atoms with Crippen LogP contribution in [0.15, 0.2) is 18.5 Å². The smallest absolute Gasteiger partial charge is 0.345 e. The number of H-pyrrole nitrogens is 1. The van der Waals surface area contributed by atoms with Crippen molar-refractivity contribution in [1.82, 2.24) is 24.6 Å². The highest BCUT2D eigenvalue weighted by atomic mass is 32.2. The topological polar surface area (TPSA) is 120 Å². The van der Waals surface area contributed by atoms with Crippen LogP contribution in [0.4, 0.5) is 23.8 Å². The summed E-state index contributed by atoms with van der Waals surface area (Å²) in [5, 5.41) is 5.20. The van der Waals surface area contributed by atoms with Gasteiger partial charge in [-0.2, -0.15) is 17.5 Å². The normalized spacial score (nSPS) is 22.0. The Morgan fingerprint density at radius 3 is 2.83 bits per heavy atom. The number of urea groups is 1. The van der Waals surface area contributed by atoms with E-state index in [1.54, 1.807) is 12.3 Å². The van der Waals surface area contributed by atoms with Gasteiger partial charge < -0.3 is 10.3 Å². The average Bonchev–Trinajstić information content (AvgIpc) is 3.29. The van der Waals surface area contributed by atoms with Gasteiger partial charge in [0.2, 0.25) is 10.0 Å². The molecule has 1 aliphatic heterocycles. The third-order valence-electron chi connectivity index (χ3n) is 5.53. The number of fused-ring (bicyclic) bond motifs is 1. The lowest BCUT2D eigenvalue weighted by atomic mass is 10.1. The molecule has 2 aromatic rings. The van der Waals surface area contributed by atoms with Crippen LogP contribution >= 0.6 is 0 Å². The SMILES string of the molecule is O=C(Nc1cnc2[nH]ccc2n1)N[C@H]1CCCN(S(=O)(=O)CC2(C(F)(F)F)CC2)C1. The molecular weight excluding hydrogens is 425 g/mol. The highest BCUT2D eigenvalue weighted by Crippen LogP contribution is 2.58. The largest absolute Gasteiger partial charge is 0.395 e. The van der Waals surface area contributed by atoms with Crippen LogP contribution in [0.25, 0.3) is 11.2 Å². The maximum atomic E-state index is 13.2. The first-order valence-electron chi connectivity index (χ1n) is 9.50. The number of hydrogen-bond donors (Lipinski definition) is 3. The van der Waals surface area contributed by atoms with E-state index in [-0.39, 0.29) is 31.7 Å². The Labute approximate surface area is 170 Å². The summed E-state index contributed by atoms with van der Waals surface area (Å²) in [6.07, 6.45) is -0.863. The van der Waals surface area contributed by atoms with Gasteiger partial charge in [0.15, 0.2) is 11.5 Å². The van der Waals surface area contributed by atoms with Crippen LogP contribution in [-0.4, -0.2) is 64.8 Å². The van der Waals surface area contributed by atoms with E-state index >= 15 is 0 Å². The highest BCUT2D eigenvalue weighted by Gasteiger charge is 2.65. The zero-order chi connectivity index (χ0) is 21.6. The summed E-state index contributed by atoms with van der Waals surface area (Å²) in [6.45, 7) is 0.0813. The van der Waals surface area contributed by atoms with Crippen LogP contribution in [0.5, 0.6) is 0 Å². The number of nitrogens with one attached hydrogen (secondary N) is 3. The number of carbonyl (C=O) groups is 1. The van der Waals surface area contributed by atoms with Crippen molar-refractivity contribution in [3.8, 4) is 0 Å². The molecule has 2 aliphatic rings. The predicted molar refractivity (Wildman–Crippen MR) is 102 cm³/mol. The van der Waals surface area contributed by atoms with Gasteiger partial charge in [0, 0.05) is 25.3 Å². The lowest BCUT2D eigenvalue weighted by Crippen LogP contribution is -2.52. The molecule has 9 nitrogen and oxygen atoms in total. The number of carbonyl (C=O) groups excluding carboxylic acids is 1. The summed E-state index contributed by atoms with van der Waals surface area (Å²) in [5.74, 6) is -0.713. The third-order valence-corrected chi connectivity index (χ3v) is 7.56. The molecule has 1 saturated carbocycles. The Morgan fingerprint density at radius 1 is 1.37 bits per heavy atom. The molecule has 1 saturated heterocycles. The van der Waals surface area contributed by atoms with Gasteiger partial charge in [-0.15, -0.1) is 0 Å². The second kappa shape index (κ2) is 7.38. The second-order valence-corrected chi connectivity index (χ2v) is 9.77. The number of aromatic nitrogens is 3. The number of nitrogens with zero attached hydrogens (tertiary/aromatic N) is 3. The first-order valence-corrected chi connectivity index (χ1v) is 11.1. The fraction of sp³-hybridized carbons (Fsp3) is 0.588. The van der Waals surface area contributed by atoms with Gasteiger partial charge in [-0.3, -0.25) is 5.32 Å². The highest BCUT2D eigenvalue weighted by molar-refractivity contribution is 7.89. The van der Waals surface area contributed by atoms with Crippen molar-refractivity contribution in [1.29, 1.82) is 0 Å². The van der Waals surface area contributed by atoms with Crippen molar-refractivity contribution >= 4 is 33.0 Å². The molecular formula is C17H21F3N6O3S. The van der Waals surface area contributed by atoms with Crippen molar-refractivity contribution in [3.63, 3.8) is 0 Å². The van der Waals surface area contributed by atoms with Gasteiger partial charge in [0.1, 0.15) is 5.52 Å². The van der Waals surface area contributed by atoms with E-state index < -0.39 is 39.4 Å². The Balaban J connectivity index is 1.36. The van der Waals surface area contributed by atoms with Gasteiger partial charge in [-0.1, -0.05) is 0 Å². The number of amides is 2. The molecule has 4 rings (SSSR count). The Bertz CT molecular complexity index is 1050. The molecule has 1 aliphatic carbocycles. The Kier molecular flexibility index (Phi) is 5.12. The van der Waals surface area contributed by atoms with E-state index in [9.17, 15) is 26.4 Å². The van der Waals surface area contributed by atoms with Crippen LogP contribution in [0.3, 0.4) is 0 Å². The quantitative estimate of drug-likeness (QED) is 0.651. The number of sulfonamides is 1. The minimum absolute atomic E-state index is 0.0633. The Morgan fingerprint density at radius 2 is 2.13 bits per heavy atom. The zero-order valence-corrected chi connectivity index (χ0v) is 16.7. The zero-order valence-electron chi connectivity index (χ0n) is 15.9. The summed E-state index contributed by atoms with van der Waals surface area (Å²) in [5.41, 5.74) is -0.984. The van der Waals surface area contributed by atoms with Gasteiger partial charge in [-0.25, -0.2) is 23.2 Å². The monoisotopic (exact) mass is 446 g/mol. The minimum Gasteiger partial charge on any atom is -0.345 e. The standard InChI is InChI=1S/C17H21F3N6O3S/c18-17(19,20)16(4-5-16)10-30(28,29)26-7-1-2-11(9-26)23-15(27)25-13-8-22-14-12(24-13)3-6-21-14/h3,6,8,11H,1-2,4-5,7,9-10H2,(H,21,22)(H2,23,24,25,27)/t11-/m0/s1. The molecule has 0 unspecified atom stereocenters. The fourth-order valence-electron chi connectivity index (χ4n) is 3.64. The van der Waals surface area contributed by atoms with E-state index in [0.717, 1.165) is 4.31 Å². The second-order valence-electron chi connectivity index (χ2n) is 7.80. The van der Waals surface area contributed by atoms with Crippen LogP contribution in [-0.2, 0) is 10.0 Å². The van der Waals surface area contributed by atoms with Crippen LogP contribution < -0.4 is 10.6 Å². The van der Waals surface area contributed by atoms with Gasteiger partial charge >= 0.3 is 12.2 Å². The number of piperidine rings is 1. The molecule has 2 fully saturated rings. The van der Waals surface area contributed by atoms with E-state index in [4.69, 9.17) is 0 Å². The lowest BCUT2D eigenvalue weighted by molar-refractivity contribution is -0.180. The molecule has 13 heteroatoms. The van der Waals surface area contributed by atoms with Crippen LogP contribution in [0.2, 0.25) is 0 Å². The summed E-state index contributed by atoms with van der Waals surface area (Å²) in [6, 6.07) is 0.596. The maximum Gasteiger partial charge on any atom is 0.395 e. The summed E-state index contributed by atoms with van der Waals surface area (Å²) in [7, 11) is -4.09. The number of anilines is 1. The van der Waals surface area contributed by atoms with Crippen molar-refractivity contribution in [3.05, 3.63) is 18.5 Å². The molecule has 30 heavy (non-hydrogen) atoms. The predicted octanol–water partition coefficient (Wildman–Crippen LogP) is 2.22. The first-order chi connectivity index (χ1) is 14.1. The number of halogens is 3. The van der Waals surface area contributed by atoms with Crippen molar-refractivity contribution in [2.45, 2.75) is 37.9 Å². The van der Waals surface area contributed by atoms with Crippen LogP contribution in [0.1, 0.15) is 25.7 Å². The van der Waals surface area contributed by atoms with E-state index in [0.29, 0.717) is 24.0 Å². The van der Waals surface area contributed by atoms with Crippen molar-refractivity contribution in [2.24, 2.45) is 5.41 Å². The number of hydrogen-bond acceptors (Lipinski definition) is 5. The third kappa shape index (κ3) is 4.21. The molecule has 1 atom stereocenters. The summed E-state index contributed by atoms with van der Waals surface area (Å²) in [4.78, 5) is 23.5. The maximum absolute atomic E-state index is 13.2. The molecule has 164 valence electrons. The molecule has 3 heterocycles. The molecule has 2 aromatic heterocycles. The van der Waals surface area contributed by atoms with Gasteiger partial charge in [-0.05, 0) is 31.7 Å². The van der Waals surface area contributed by atoms with Gasteiger partial charge in [0.25, 0.3) is 0 Å². The first kappa shape index (κ1) is 20.8. The Hall–Kier alpha value is -2.41.